The van der Waals surface area contributed by atoms with Crippen LogP contribution in [0.1, 0.15) is 24.2 Å². The van der Waals surface area contributed by atoms with Gasteiger partial charge in [-0.25, -0.2) is 0 Å². The summed E-state index contributed by atoms with van der Waals surface area (Å²) in [6.07, 6.45) is 0.365. The summed E-state index contributed by atoms with van der Waals surface area (Å²) in [4.78, 5) is 32.5. The first-order valence-corrected chi connectivity index (χ1v) is 5.87. The molecule has 0 bridgehead atoms. The molecule has 0 radical (unpaired) electrons. The number of methoxy groups -OCH3 is 1. The normalized spacial score (nSPS) is 10.2. The van der Waals surface area contributed by atoms with Gasteiger partial charge in [-0.1, -0.05) is 13.8 Å². The zero-order valence-corrected chi connectivity index (χ0v) is 11.4. The summed E-state index contributed by atoms with van der Waals surface area (Å²) in [5.41, 5.74) is -0.512. The molecule has 7 heteroatoms. The average molecular weight is 281 g/mol. The van der Waals surface area contributed by atoms with Gasteiger partial charge in [0.05, 0.1) is 23.7 Å². The summed E-state index contributed by atoms with van der Waals surface area (Å²) in [6.45, 7) is 3.23. The van der Waals surface area contributed by atoms with E-state index in [4.69, 9.17) is 9.47 Å². The Morgan fingerprint density at radius 1 is 1.40 bits per heavy atom. The SMILES string of the molecule is COc1cc(C=O)c([N+](=O)[O-])cc1OCC(=O)C(C)C. The van der Waals surface area contributed by atoms with Crippen molar-refractivity contribution in [2.45, 2.75) is 13.8 Å². The number of hydrogen-bond donors (Lipinski definition) is 0. The maximum Gasteiger partial charge on any atom is 0.283 e. The summed E-state index contributed by atoms with van der Waals surface area (Å²) in [7, 11) is 1.34. The minimum absolute atomic E-state index is 0.0544. The highest BCUT2D eigenvalue weighted by atomic mass is 16.6. The highest BCUT2D eigenvalue weighted by molar-refractivity contribution is 5.84. The topological polar surface area (TPSA) is 95.7 Å². The van der Waals surface area contributed by atoms with Crippen molar-refractivity contribution < 1.29 is 24.0 Å². The molecule has 0 spiro atoms. The molecule has 0 unspecified atom stereocenters. The Kier molecular flexibility index (Phi) is 5.19. The van der Waals surface area contributed by atoms with Gasteiger partial charge in [-0.05, 0) is 0 Å². The number of ketones is 1. The van der Waals surface area contributed by atoms with Gasteiger partial charge in [0.1, 0.15) is 6.61 Å². The number of Topliss-reactive ketones (excluding diaryl/α,β-unsaturated/α-hetero) is 1. The van der Waals surface area contributed by atoms with E-state index < -0.39 is 10.6 Å². The summed E-state index contributed by atoms with van der Waals surface area (Å²) in [5.74, 6) is -0.132. The predicted octanol–water partition coefficient (Wildman–Crippen LogP) is 2.02. The molecule has 0 heterocycles. The number of aldehydes is 1. The average Bonchev–Trinajstić information content (AvgIpc) is 2.43. The molecule has 0 atom stereocenters. The molecule has 1 aromatic carbocycles. The van der Waals surface area contributed by atoms with E-state index in [1.165, 1.54) is 13.2 Å². The fraction of sp³-hybridized carbons (Fsp3) is 0.385. The molecule has 1 aromatic rings. The van der Waals surface area contributed by atoms with E-state index >= 15 is 0 Å². The van der Waals surface area contributed by atoms with Crippen LogP contribution < -0.4 is 9.47 Å². The third kappa shape index (κ3) is 3.53. The van der Waals surface area contributed by atoms with Crippen molar-refractivity contribution >= 4 is 17.8 Å². The fourth-order valence-corrected chi connectivity index (χ4v) is 1.41. The first kappa shape index (κ1) is 15.6. The van der Waals surface area contributed by atoms with Crippen LogP contribution in [0.25, 0.3) is 0 Å². The molecular formula is C13H15NO6. The second kappa shape index (κ2) is 6.65. The Hall–Kier alpha value is -2.44. The molecule has 0 saturated heterocycles. The number of nitro groups is 1. The van der Waals surface area contributed by atoms with Crippen molar-refractivity contribution in [2.75, 3.05) is 13.7 Å². The van der Waals surface area contributed by atoms with Gasteiger partial charge in [-0.3, -0.25) is 19.7 Å². The van der Waals surface area contributed by atoms with E-state index in [2.05, 4.69) is 0 Å². The van der Waals surface area contributed by atoms with Crippen LogP contribution >= 0.6 is 0 Å². The molecule has 0 saturated carbocycles. The van der Waals surface area contributed by atoms with E-state index in [1.807, 2.05) is 0 Å². The Morgan fingerprint density at radius 2 is 2.05 bits per heavy atom. The van der Waals surface area contributed by atoms with Crippen LogP contribution in [0.5, 0.6) is 11.5 Å². The first-order chi connectivity index (χ1) is 9.40. The lowest BCUT2D eigenvalue weighted by Gasteiger charge is -2.11. The van der Waals surface area contributed by atoms with Crippen molar-refractivity contribution in [2.24, 2.45) is 5.92 Å². The van der Waals surface area contributed by atoms with E-state index in [1.54, 1.807) is 13.8 Å². The van der Waals surface area contributed by atoms with E-state index in [0.717, 1.165) is 6.07 Å². The second-order valence-electron chi connectivity index (χ2n) is 4.35. The van der Waals surface area contributed by atoms with Crippen molar-refractivity contribution in [1.82, 2.24) is 0 Å². The minimum Gasteiger partial charge on any atom is -0.493 e. The Labute approximate surface area is 115 Å². The van der Waals surface area contributed by atoms with E-state index in [0.29, 0.717) is 6.29 Å². The molecule has 7 nitrogen and oxygen atoms in total. The smallest absolute Gasteiger partial charge is 0.283 e. The van der Waals surface area contributed by atoms with Gasteiger partial charge in [0.15, 0.2) is 23.6 Å². The maximum absolute atomic E-state index is 11.5. The second-order valence-corrected chi connectivity index (χ2v) is 4.35. The van der Waals surface area contributed by atoms with Gasteiger partial charge in [0.2, 0.25) is 0 Å². The largest absolute Gasteiger partial charge is 0.493 e. The Morgan fingerprint density at radius 3 is 2.50 bits per heavy atom. The summed E-state index contributed by atoms with van der Waals surface area (Å²) < 4.78 is 10.2. The molecule has 0 aliphatic carbocycles. The molecule has 0 N–H and O–H groups in total. The van der Waals surface area contributed by atoms with Crippen molar-refractivity contribution in [3.05, 3.63) is 27.8 Å². The highest BCUT2D eigenvalue weighted by Gasteiger charge is 2.20. The summed E-state index contributed by atoms with van der Waals surface area (Å²) in [6, 6.07) is 2.29. The molecule has 0 amide bonds. The molecule has 0 aromatic heterocycles. The predicted molar refractivity (Wildman–Crippen MR) is 70.4 cm³/mol. The Balaban J connectivity index is 3.11. The van der Waals surface area contributed by atoms with Gasteiger partial charge in [-0.2, -0.15) is 0 Å². The molecule has 0 fully saturated rings. The first-order valence-electron chi connectivity index (χ1n) is 5.87. The van der Waals surface area contributed by atoms with Gasteiger partial charge < -0.3 is 9.47 Å². The number of carbonyl (C=O) groups excluding carboxylic acids is 2. The van der Waals surface area contributed by atoms with Gasteiger partial charge in [0, 0.05) is 12.0 Å². The lowest BCUT2D eigenvalue weighted by atomic mass is 10.1. The maximum atomic E-state index is 11.5. The fourth-order valence-electron chi connectivity index (χ4n) is 1.41. The number of rotatable bonds is 7. The van der Waals surface area contributed by atoms with Crippen LogP contribution in [0.3, 0.4) is 0 Å². The Bertz CT molecular complexity index is 538. The number of nitro benzene ring substituents is 1. The van der Waals surface area contributed by atoms with E-state index in [9.17, 15) is 19.7 Å². The number of benzene rings is 1. The van der Waals surface area contributed by atoms with Crippen molar-refractivity contribution in [1.29, 1.82) is 0 Å². The number of ether oxygens (including phenoxy) is 2. The lowest BCUT2D eigenvalue weighted by Crippen LogP contribution is -2.17. The third-order valence-corrected chi connectivity index (χ3v) is 2.65. The van der Waals surface area contributed by atoms with Crippen LogP contribution in [-0.2, 0) is 4.79 Å². The monoisotopic (exact) mass is 281 g/mol. The van der Waals surface area contributed by atoms with Gasteiger partial charge in [-0.15, -0.1) is 0 Å². The molecule has 1 rings (SSSR count). The van der Waals surface area contributed by atoms with Crippen molar-refractivity contribution in [3.63, 3.8) is 0 Å². The van der Waals surface area contributed by atoms with Crippen LogP contribution in [0.15, 0.2) is 12.1 Å². The third-order valence-electron chi connectivity index (χ3n) is 2.65. The summed E-state index contributed by atoms with van der Waals surface area (Å²) >= 11 is 0. The molecule has 20 heavy (non-hydrogen) atoms. The van der Waals surface area contributed by atoms with Crippen LogP contribution in [0.4, 0.5) is 5.69 Å². The van der Waals surface area contributed by atoms with Crippen LogP contribution in [0.2, 0.25) is 0 Å². The van der Waals surface area contributed by atoms with E-state index in [-0.39, 0.29) is 35.4 Å². The molecule has 0 aliphatic rings. The van der Waals surface area contributed by atoms with Crippen molar-refractivity contribution in [3.8, 4) is 11.5 Å². The summed E-state index contributed by atoms with van der Waals surface area (Å²) in [5, 5.41) is 10.9. The standard InChI is InChI=1S/C13H15NO6/c1-8(2)11(16)7-20-13-5-10(14(17)18)9(6-15)4-12(13)19-3/h4-6,8H,7H2,1-3H3. The quantitative estimate of drug-likeness (QED) is 0.431. The molecular weight excluding hydrogens is 266 g/mol. The van der Waals surface area contributed by atoms with Gasteiger partial charge in [0.25, 0.3) is 5.69 Å². The molecule has 0 aliphatic heterocycles. The number of carbonyl (C=O) groups is 2. The minimum atomic E-state index is -0.694. The number of hydrogen-bond acceptors (Lipinski definition) is 6. The van der Waals surface area contributed by atoms with Crippen LogP contribution in [0, 0.1) is 16.0 Å². The highest BCUT2D eigenvalue weighted by Crippen LogP contribution is 2.34. The van der Waals surface area contributed by atoms with Crippen LogP contribution in [-0.4, -0.2) is 30.7 Å². The van der Waals surface area contributed by atoms with Gasteiger partial charge >= 0.3 is 0 Å². The zero-order valence-electron chi connectivity index (χ0n) is 11.4. The molecule has 108 valence electrons. The number of nitrogens with zero attached hydrogens (tertiary/aromatic N) is 1. The zero-order chi connectivity index (χ0) is 15.3. The lowest BCUT2D eigenvalue weighted by molar-refractivity contribution is -0.385.